The SMILES string of the molecule is Cc1ccc(N/N=c2/sc3ccccc3[nH]c2=O)cc1. The summed E-state index contributed by atoms with van der Waals surface area (Å²) in [6, 6.07) is 15.5. The first-order valence-corrected chi connectivity index (χ1v) is 7.02. The fourth-order valence-corrected chi connectivity index (χ4v) is 2.62. The quantitative estimate of drug-likeness (QED) is 0.711. The van der Waals surface area contributed by atoms with Crippen molar-refractivity contribution in [3.05, 3.63) is 69.1 Å². The Labute approximate surface area is 119 Å². The second kappa shape index (κ2) is 5.30. The first-order chi connectivity index (χ1) is 9.72. The van der Waals surface area contributed by atoms with Crippen molar-refractivity contribution in [2.75, 3.05) is 5.43 Å². The molecule has 4 nitrogen and oxygen atoms in total. The van der Waals surface area contributed by atoms with Crippen molar-refractivity contribution in [3.63, 3.8) is 0 Å². The lowest BCUT2D eigenvalue weighted by molar-refractivity contribution is 1.18. The molecule has 0 saturated heterocycles. The van der Waals surface area contributed by atoms with Crippen LogP contribution in [-0.4, -0.2) is 4.98 Å². The van der Waals surface area contributed by atoms with Crippen LogP contribution < -0.4 is 15.7 Å². The summed E-state index contributed by atoms with van der Waals surface area (Å²) in [6.07, 6.45) is 0. The van der Waals surface area contributed by atoms with E-state index in [-0.39, 0.29) is 5.56 Å². The molecule has 100 valence electrons. The van der Waals surface area contributed by atoms with E-state index in [1.165, 1.54) is 16.9 Å². The summed E-state index contributed by atoms with van der Waals surface area (Å²) in [5, 5.41) is 4.18. The first-order valence-electron chi connectivity index (χ1n) is 6.21. The third-order valence-corrected chi connectivity index (χ3v) is 3.92. The number of nitrogens with zero attached hydrogens (tertiary/aromatic N) is 1. The second-order valence-corrected chi connectivity index (χ2v) is 5.48. The van der Waals surface area contributed by atoms with Crippen LogP contribution in [0.3, 0.4) is 0 Å². The molecule has 2 N–H and O–H groups in total. The number of nitrogens with one attached hydrogen (secondary N) is 2. The van der Waals surface area contributed by atoms with Gasteiger partial charge in [-0.1, -0.05) is 29.8 Å². The zero-order valence-electron chi connectivity index (χ0n) is 10.9. The Morgan fingerprint density at radius 1 is 1.10 bits per heavy atom. The molecule has 1 heterocycles. The van der Waals surface area contributed by atoms with Crippen LogP contribution in [-0.2, 0) is 0 Å². The van der Waals surface area contributed by atoms with Crippen LogP contribution in [0.4, 0.5) is 5.69 Å². The zero-order chi connectivity index (χ0) is 13.9. The van der Waals surface area contributed by atoms with Crippen molar-refractivity contribution in [3.8, 4) is 0 Å². The average Bonchev–Trinajstić information content (AvgIpc) is 2.47. The topological polar surface area (TPSA) is 57.2 Å². The maximum absolute atomic E-state index is 11.9. The zero-order valence-corrected chi connectivity index (χ0v) is 11.7. The Morgan fingerprint density at radius 3 is 2.65 bits per heavy atom. The molecule has 0 saturated carbocycles. The van der Waals surface area contributed by atoms with E-state index >= 15 is 0 Å². The molecule has 0 bridgehead atoms. The lowest BCUT2D eigenvalue weighted by Crippen LogP contribution is -2.25. The van der Waals surface area contributed by atoms with Gasteiger partial charge in [0.15, 0.2) is 0 Å². The Hall–Kier alpha value is -2.40. The average molecular weight is 283 g/mol. The highest BCUT2D eigenvalue weighted by molar-refractivity contribution is 7.16. The highest BCUT2D eigenvalue weighted by Gasteiger charge is 1.98. The molecule has 0 atom stereocenters. The number of hydrogen-bond acceptors (Lipinski definition) is 4. The maximum Gasteiger partial charge on any atom is 0.286 e. The van der Waals surface area contributed by atoms with Gasteiger partial charge >= 0.3 is 0 Å². The van der Waals surface area contributed by atoms with Gasteiger partial charge in [-0.05, 0) is 31.2 Å². The van der Waals surface area contributed by atoms with Gasteiger partial charge in [-0.25, -0.2) is 0 Å². The van der Waals surface area contributed by atoms with Crippen molar-refractivity contribution in [2.45, 2.75) is 6.92 Å². The molecule has 0 fully saturated rings. The summed E-state index contributed by atoms with van der Waals surface area (Å²) in [5.74, 6) is 0. The summed E-state index contributed by atoms with van der Waals surface area (Å²) in [5.41, 5.74) is 5.59. The minimum Gasteiger partial charge on any atom is -0.319 e. The van der Waals surface area contributed by atoms with Gasteiger partial charge in [0.25, 0.3) is 5.56 Å². The highest BCUT2D eigenvalue weighted by Crippen LogP contribution is 2.11. The van der Waals surface area contributed by atoms with Crippen molar-refractivity contribution >= 4 is 27.2 Å². The van der Waals surface area contributed by atoms with Crippen LogP contribution in [0.5, 0.6) is 0 Å². The van der Waals surface area contributed by atoms with E-state index < -0.39 is 0 Å². The predicted octanol–water partition coefficient (Wildman–Crippen LogP) is 2.83. The van der Waals surface area contributed by atoms with Gasteiger partial charge in [-0.15, -0.1) is 11.3 Å². The second-order valence-electron chi connectivity index (χ2n) is 4.45. The Balaban J connectivity index is 2.00. The summed E-state index contributed by atoms with van der Waals surface area (Å²) in [4.78, 5) is 14.8. The van der Waals surface area contributed by atoms with Gasteiger partial charge in [0.2, 0.25) is 4.67 Å². The molecular formula is C15H13N3OS. The summed E-state index contributed by atoms with van der Waals surface area (Å²) in [6.45, 7) is 2.02. The number of H-pyrrole nitrogens is 1. The van der Waals surface area contributed by atoms with E-state index in [1.54, 1.807) is 0 Å². The maximum atomic E-state index is 11.9. The van der Waals surface area contributed by atoms with Crippen LogP contribution in [0.25, 0.3) is 10.2 Å². The highest BCUT2D eigenvalue weighted by atomic mass is 32.1. The molecule has 3 rings (SSSR count). The molecule has 2 aromatic carbocycles. The van der Waals surface area contributed by atoms with Crippen LogP contribution in [0.1, 0.15) is 5.56 Å². The number of hydrogen-bond donors (Lipinski definition) is 2. The summed E-state index contributed by atoms with van der Waals surface area (Å²) >= 11 is 1.36. The molecule has 0 aliphatic heterocycles. The minimum atomic E-state index is -0.187. The van der Waals surface area contributed by atoms with Crippen LogP contribution >= 0.6 is 11.3 Å². The van der Waals surface area contributed by atoms with E-state index in [0.717, 1.165) is 15.9 Å². The largest absolute Gasteiger partial charge is 0.319 e. The molecule has 0 spiro atoms. The fraction of sp³-hybridized carbons (Fsp3) is 0.0667. The molecular weight excluding hydrogens is 270 g/mol. The van der Waals surface area contributed by atoms with Crippen molar-refractivity contribution in [2.24, 2.45) is 5.10 Å². The van der Waals surface area contributed by atoms with Gasteiger partial charge < -0.3 is 4.98 Å². The van der Waals surface area contributed by atoms with Crippen LogP contribution in [0.15, 0.2) is 58.4 Å². The molecule has 5 heteroatoms. The minimum absolute atomic E-state index is 0.187. The van der Waals surface area contributed by atoms with E-state index in [4.69, 9.17) is 0 Å². The number of aromatic amines is 1. The van der Waals surface area contributed by atoms with Crippen LogP contribution in [0, 0.1) is 6.92 Å². The predicted molar refractivity (Wildman–Crippen MR) is 82.8 cm³/mol. The molecule has 0 aliphatic carbocycles. The van der Waals surface area contributed by atoms with Gasteiger partial charge in [0.05, 0.1) is 15.9 Å². The molecule has 0 radical (unpaired) electrons. The van der Waals surface area contributed by atoms with Gasteiger partial charge in [0.1, 0.15) is 0 Å². The normalized spacial score (nSPS) is 11.8. The lowest BCUT2D eigenvalue weighted by Gasteiger charge is -2.00. The van der Waals surface area contributed by atoms with Crippen LogP contribution in [0.2, 0.25) is 0 Å². The number of benzene rings is 2. The number of aromatic nitrogens is 1. The van der Waals surface area contributed by atoms with Crippen molar-refractivity contribution in [1.82, 2.24) is 4.98 Å². The summed E-state index contributed by atoms with van der Waals surface area (Å²) in [7, 11) is 0. The van der Waals surface area contributed by atoms with E-state index in [0.29, 0.717) is 4.67 Å². The van der Waals surface area contributed by atoms with Crippen molar-refractivity contribution < 1.29 is 0 Å². The standard InChI is InChI=1S/C15H13N3OS/c1-10-6-8-11(9-7-10)17-18-15-14(19)16-12-4-2-3-5-13(12)20-15/h2-9,17H,1H3,(H,16,19)/b18-15+. The van der Waals surface area contributed by atoms with E-state index in [9.17, 15) is 4.79 Å². The molecule has 0 unspecified atom stereocenters. The molecule has 0 amide bonds. The number of para-hydroxylation sites is 1. The molecule has 0 aliphatic rings. The Bertz CT molecular complexity index is 862. The van der Waals surface area contributed by atoms with E-state index in [2.05, 4.69) is 15.5 Å². The van der Waals surface area contributed by atoms with E-state index in [1.807, 2.05) is 55.5 Å². The molecule has 20 heavy (non-hydrogen) atoms. The van der Waals surface area contributed by atoms with Gasteiger partial charge in [-0.2, -0.15) is 5.10 Å². The molecule has 1 aromatic heterocycles. The monoisotopic (exact) mass is 283 g/mol. The first kappa shape index (κ1) is 12.6. The third-order valence-electron chi connectivity index (χ3n) is 2.87. The number of rotatable bonds is 2. The van der Waals surface area contributed by atoms with Gasteiger partial charge in [-0.3, -0.25) is 10.2 Å². The lowest BCUT2D eigenvalue weighted by atomic mass is 10.2. The Morgan fingerprint density at radius 2 is 1.85 bits per heavy atom. The Kier molecular flexibility index (Phi) is 3.35. The fourth-order valence-electron chi connectivity index (χ4n) is 1.80. The summed E-state index contributed by atoms with van der Waals surface area (Å²) < 4.78 is 1.40. The smallest absolute Gasteiger partial charge is 0.286 e. The number of anilines is 1. The molecule has 3 aromatic rings. The number of aryl methyl sites for hydroxylation is 1. The van der Waals surface area contributed by atoms with Crippen molar-refractivity contribution in [1.29, 1.82) is 0 Å². The third kappa shape index (κ3) is 2.62. The number of fused-ring (bicyclic) bond motifs is 1. The van der Waals surface area contributed by atoms with Gasteiger partial charge in [0, 0.05) is 0 Å².